The smallest absolute Gasteiger partial charge is 0.274 e. The molecule has 0 saturated carbocycles. The van der Waals surface area contributed by atoms with Crippen LogP contribution in [0.5, 0.6) is 0 Å². The Balaban J connectivity index is 1.78. The Morgan fingerprint density at radius 3 is 2.24 bits per heavy atom. The standard InChI is InChI=1S/C19H23ClN4O3S2/c1-12-9-13(2)17(14(3)10-12)29(26,27)24-7-5-23(6-8-24)18(25)16-15(20)11-21-19(22-16)28-4/h9-11H,5-8H2,1-4H3. The average molecular weight is 455 g/mol. The van der Waals surface area contributed by atoms with Crippen molar-refractivity contribution in [3.8, 4) is 0 Å². The molecule has 10 heteroatoms. The zero-order chi connectivity index (χ0) is 21.3. The quantitative estimate of drug-likeness (QED) is 0.521. The van der Waals surface area contributed by atoms with Crippen LogP contribution < -0.4 is 0 Å². The fraction of sp³-hybridized carbons (Fsp3) is 0.421. The highest BCUT2D eigenvalue weighted by molar-refractivity contribution is 7.98. The summed E-state index contributed by atoms with van der Waals surface area (Å²) in [4.78, 5) is 23.0. The molecule has 2 heterocycles. The molecular weight excluding hydrogens is 432 g/mol. The van der Waals surface area contributed by atoms with Crippen LogP contribution in [-0.2, 0) is 10.0 Å². The first-order valence-corrected chi connectivity index (χ1v) is 12.1. The van der Waals surface area contributed by atoms with Crippen LogP contribution >= 0.6 is 23.4 Å². The second kappa shape index (κ2) is 8.59. The van der Waals surface area contributed by atoms with E-state index < -0.39 is 10.0 Å². The molecule has 7 nitrogen and oxygen atoms in total. The fourth-order valence-corrected chi connectivity index (χ4v) is 5.93. The number of aromatic nitrogens is 2. The first kappa shape index (κ1) is 22.0. The van der Waals surface area contributed by atoms with Crippen LogP contribution in [0.3, 0.4) is 0 Å². The molecule has 0 radical (unpaired) electrons. The van der Waals surface area contributed by atoms with E-state index in [9.17, 15) is 13.2 Å². The van der Waals surface area contributed by atoms with E-state index >= 15 is 0 Å². The van der Waals surface area contributed by atoms with E-state index in [4.69, 9.17) is 11.6 Å². The van der Waals surface area contributed by atoms with Gasteiger partial charge in [0.05, 0.1) is 16.1 Å². The molecule has 0 aliphatic carbocycles. The number of rotatable bonds is 4. The minimum atomic E-state index is -3.63. The predicted molar refractivity (Wildman–Crippen MR) is 114 cm³/mol. The van der Waals surface area contributed by atoms with Gasteiger partial charge in [0, 0.05) is 26.2 Å². The number of sulfonamides is 1. The molecule has 1 saturated heterocycles. The van der Waals surface area contributed by atoms with E-state index in [1.165, 1.54) is 22.3 Å². The third-order valence-electron chi connectivity index (χ3n) is 4.84. The first-order valence-electron chi connectivity index (χ1n) is 9.09. The van der Waals surface area contributed by atoms with Crippen LogP contribution in [0.15, 0.2) is 28.4 Å². The molecule has 0 N–H and O–H groups in total. The molecule has 0 bridgehead atoms. The van der Waals surface area contributed by atoms with Crippen molar-refractivity contribution in [2.45, 2.75) is 30.8 Å². The lowest BCUT2D eigenvalue weighted by molar-refractivity contribution is 0.0691. The first-order chi connectivity index (χ1) is 13.6. The SMILES string of the molecule is CSc1ncc(Cl)c(C(=O)N2CCN(S(=O)(=O)c3c(C)cc(C)cc3C)CC2)n1. The lowest BCUT2D eigenvalue weighted by Gasteiger charge is -2.34. The molecule has 1 aliphatic rings. The summed E-state index contributed by atoms with van der Waals surface area (Å²) in [6, 6.07) is 3.75. The van der Waals surface area contributed by atoms with E-state index in [0.717, 1.165) is 16.7 Å². The van der Waals surface area contributed by atoms with Gasteiger partial charge in [-0.15, -0.1) is 0 Å². The number of halogens is 1. The van der Waals surface area contributed by atoms with E-state index in [1.54, 1.807) is 4.90 Å². The number of benzene rings is 1. The molecule has 2 aromatic rings. The van der Waals surface area contributed by atoms with E-state index in [-0.39, 0.29) is 42.8 Å². The normalized spacial score (nSPS) is 15.6. The van der Waals surface area contributed by atoms with Gasteiger partial charge in [0.2, 0.25) is 10.0 Å². The summed E-state index contributed by atoms with van der Waals surface area (Å²) >= 11 is 7.43. The Morgan fingerprint density at radius 2 is 1.69 bits per heavy atom. The van der Waals surface area contributed by atoms with Crippen molar-refractivity contribution in [3.05, 3.63) is 45.7 Å². The van der Waals surface area contributed by atoms with Crippen molar-refractivity contribution in [1.82, 2.24) is 19.2 Å². The van der Waals surface area contributed by atoms with Crippen molar-refractivity contribution in [3.63, 3.8) is 0 Å². The maximum absolute atomic E-state index is 13.2. The van der Waals surface area contributed by atoms with E-state index in [1.807, 2.05) is 39.2 Å². The van der Waals surface area contributed by atoms with Gasteiger partial charge in [0.1, 0.15) is 0 Å². The number of piperazine rings is 1. The molecule has 1 aliphatic heterocycles. The van der Waals surface area contributed by atoms with Gasteiger partial charge in [0.25, 0.3) is 5.91 Å². The second-order valence-electron chi connectivity index (χ2n) is 6.98. The Hall–Kier alpha value is -1.68. The van der Waals surface area contributed by atoms with Crippen LogP contribution in [0.2, 0.25) is 5.02 Å². The third kappa shape index (κ3) is 4.42. The van der Waals surface area contributed by atoms with Gasteiger partial charge in [-0.25, -0.2) is 18.4 Å². The Kier molecular flexibility index (Phi) is 6.52. The predicted octanol–water partition coefficient (Wildman–Crippen LogP) is 2.92. The van der Waals surface area contributed by atoms with Crippen LogP contribution in [0, 0.1) is 20.8 Å². The molecule has 29 heavy (non-hydrogen) atoms. The average Bonchev–Trinajstić information content (AvgIpc) is 2.67. The van der Waals surface area contributed by atoms with Crippen molar-refractivity contribution < 1.29 is 13.2 Å². The van der Waals surface area contributed by atoms with E-state index in [0.29, 0.717) is 10.1 Å². The van der Waals surface area contributed by atoms with Crippen molar-refractivity contribution in [2.24, 2.45) is 0 Å². The van der Waals surface area contributed by atoms with Gasteiger partial charge in [-0.05, 0) is 38.2 Å². The van der Waals surface area contributed by atoms with Gasteiger partial charge in [-0.2, -0.15) is 4.31 Å². The molecule has 1 aromatic heterocycles. The highest BCUT2D eigenvalue weighted by Gasteiger charge is 2.33. The number of hydrogen-bond acceptors (Lipinski definition) is 6. The summed E-state index contributed by atoms with van der Waals surface area (Å²) in [6.07, 6.45) is 3.23. The summed E-state index contributed by atoms with van der Waals surface area (Å²) in [5, 5.41) is 0.651. The topological polar surface area (TPSA) is 83.5 Å². The Labute approximate surface area is 180 Å². The van der Waals surface area contributed by atoms with Crippen LogP contribution in [0.25, 0.3) is 0 Å². The van der Waals surface area contributed by atoms with E-state index in [2.05, 4.69) is 9.97 Å². The maximum atomic E-state index is 13.2. The number of carbonyl (C=O) groups excluding carboxylic acids is 1. The summed E-state index contributed by atoms with van der Waals surface area (Å²) < 4.78 is 27.8. The molecule has 3 rings (SSSR count). The Bertz CT molecular complexity index is 1030. The van der Waals surface area contributed by atoms with Crippen molar-refractivity contribution in [2.75, 3.05) is 32.4 Å². The molecule has 1 fully saturated rings. The van der Waals surface area contributed by atoms with Crippen LogP contribution in [-0.4, -0.2) is 65.9 Å². The number of aryl methyl sites for hydroxylation is 3. The molecule has 1 aromatic carbocycles. The fourth-order valence-electron chi connectivity index (χ4n) is 3.58. The van der Waals surface area contributed by atoms with Gasteiger partial charge in [0.15, 0.2) is 10.9 Å². The van der Waals surface area contributed by atoms with Crippen molar-refractivity contribution in [1.29, 1.82) is 0 Å². The van der Waals surface area contributed by atoms with Gasteiger partial charge < -0.3 is 4.90 Å². The minimum Gasteiger partial charge on any atom is -0.335 e. The molecule has 0 spiro atoms. The zero-order valence-corrected chi connectivity index (χ0v) is 19.2. The maximum Gasteiger partial charge on any atom is 0.274 e. The van der Waals surface area contributed by atoms with Crippen LogP contribution in [0.1, 0.15) is 27.2 Å². The highest BCUT2D eigenvalue weighted by atomic mass is 35.5. The summed E-state index contributed by atoms with van der Waals surface area (Å²) in [6.45, 7) is 6.56. The third-order valence-corrected chi connectivity index (χ3v) is 7.88. The number of nitrogens with zero attached hydrogens (tertiary/aromatic N) is 4. The van der Waals surface area contributed by atoms with Crippen LogP contribution in [0.4, 0.5) is 0 Å². The molecule has 156 valence electrons. The zero-order valence-electron chi connectivity index (χ0n) is 16.8. The minimum absolute atomic E-state index is 0.146. The number of carbonyl (C=O) groups is 1. The summed E-state index contributed by atoms with van der Waals surface area (Å²) in [7, 11) is -3.63. The summed E-state index contributed by atoms with van der Waals surface area (Å²) in [5.41, 5.74) is 2.64. The molecule has 0 atom stereocenters. The highest BCUT2D eigenvalue weighted by Crippen LogP contribution is 2.26. The number of thioether (sulfide) groups is 1. The largest absolute Gasteiger partial charge is 0.335 e. The number of amides is 1. The summed E-state index contributed by atoms with van der Waals surface area (Å²) in [5.74, 6) is -0.313. The number of hydrogen-bond donors (Lipinski definition) is 0. The second-order valence-corrected chi connectivity index (χ2v) is 10.0. The lowest BCUT2D eigenvalue weighted by Crippen LogP contribution is -2.50. The van der Waals surface area contributed by atoms with Crippen molar-refractivity contribution >= 4 is 39.3 Å². The lowest BCUT2D eigenvalue weighted by atomic mass is 10.1. The van der Waals surface area contributed by atoms with Gasteiger partial charge in [-0.3, -0.25) is 4.79 Å². The molecular formula is C19H23ClN4O3S2. The molecule has 1 amide bonds. The molecule has 0 unspecified atom stereocenters. The van der Waals surface area contributed by atoms with Gasteiger partial charge in [-0.1, -0.05) is 41.1 Å². The Morgan fingerprint density at radius 1 is 1.10 bits per heavy atom. The van der Waals surface area contributed by atoms with Gasteiger partial charge >= 0.3 is 0 Å². The monoisotopic (exact) mass is 454 g/mol.